The van der Waals surface area contributed by atoms with E-state index in [0.29, 0.717) is 56.2 Å². The predicted octanol–water partition coefficient (Wildman–Crippen LogP) is 2.21. The molecular formula is C22H29N3O5. The number of amides is 4. The van der Waals surface area contributed by atoms with Gasteiger partial charge in [0.15, 0.2) is 11.5 Å². The van der Waals surface area contributed by atoms with Gasteiger partial charge in [-0.1, -0.05) is 19.9 Å². The molecule has 0 aromatic heterocycles. The van der Waals surface area contributed by atoms with Crippen molar-refractivity contribution in [1.82, 2.24) is 15.5 Å². The molecule has 1 aromatic carbocycles. The molecule has 1 unspecified atom stereocenters. The summed E-state index contributed by atoms with van der Waals surface area (Å²) < 4.78 is 10.7. The number of hydrogen-bond acceptors (Lipinski definition) is 5. The summed E-state index contributed by atoms with van der Waals surface area (Å²) in [6.45, 7) is 5.60. The monoisotopic (exact) mass is 415 g/mol. The van der Waals surface area contributed by atoms with Crippen LogP contribution in [0.5, 0.6) is 11.5 Å². The van der Waals surface area contributed by atoms with Gasteiger partial charge in [0.25, 0.3) is 5.91 Å². The van der Waals surface area contributed by atoms with Crippen LogP contribution >= 0.6 is 0 Å². The summed E-state index contributed by atoms with van der Waals surface area (Å²) in [6.07, 6.45) is 3.17. The molecule has 0 radical (unpaired) electrons. The molecule has 0 aliphatic carbocycles. The second-order valence-corrected chi connectivity index (χ2v) is 8.83. The molecule has 0 spiro atoms. The number of piperidine rings is 1. The highest BCUT2D eigenvalue weighted by molar-refractivity contribution is 6.07. The van der Waals surface area contributed by atoms with Crippen LogP contribution in [-0.4, -0.2) is 48.2 Å². The highest BCUT2D eigenvalue weighted by Crippen LogP contribution is 2.36. The molecule has 8 heteroatoms. The molecule has 3 aliphatic rings. The van der Waals surface area contributed by atoms with Gasteiger partial charge in [0.1, 0.15) is 5.54 Å². The molecule has 30 heavy (non-hydrogen) atoms. The van der Waals surface area contributed by atoms with Gasteiger partial charge >= 0.3 is 6.03 Å². The SMILES string of the molecule is CC(C)CCC1(C2CCN(C(=O)Cc3ccc4c(c3)OCO4)CC2)NC(=O)NC1=O. The van der Waals surface area contributed by atoms with E-state index in [1.165, 1.54) is 0 Å². The fraction of sp³-hybridized carbons (Fsp3) is 0.591. The van der Waals surface area contributed by atoms with Crippen LogP contribution in [0.15, 0.2) is 18.2 Å². The third-order valence-electron chi connectivity index (χ3n) is 6.42. The van der Waals surface area contributed by atoms with Crippen molar-refractivity contribution in [2.45, 2.75) is 51.5 Å². The number of likely N-dealkylation sites (tertiary alicyclic amines) is 1. The van der Waals surface area contributed by atoms with Crippen molar-refractivity contribution in [3.8, 4) is 11.5 Å². The average molecular weight is 415 g/mol. The van der Waals surface area contributed by atoms with Crippen LogP contribution in [0.3, 0.4) is 0 Å². The Morgan fingerprint density at radius 2 is 1.93 bits per heavy atom. The number of benzene rings is 1. The summed E-state index contributed by atoms with van der Waals surface area (Å²) in [5, 5.41) is 5.35. The highest BCUT2D eigenvalue weighted by atomic mass is 16.7. The first kappa shape index (κ1) is 20.5. The second kappa shape index (κ2) is 8.16. The molecule has 0 saturated carbocycles. The maximum absolute atomic E-state index is 12.8. The van der Waals surface area contributed by atoms with Gasteiger partial charge < -0.3 is 19.7 Å². The highest BCUT2D eigenvalue weighted by Gasteiger charge is 2.51. The number of imide groups is 1. The van der Waals surface area contributed by atoms with E-state index in [4.69, 9.17) is 9.47 Å². The molecule has 3 aliphatic heterocycles. The van der Waals surface area contributed by atoms with E-state index in [2.05, 4.69) is 24.5 Å². The second-order valence-electron chi connectivity index (χ2n) is 8.83. The van der Waals surface area contributed by atoms with E-state index in [-0.39, 0.29) is 24.5 Å². The Morgan fingerprint density at radius 3 is 2.60 bits per heavy atom. The number of ether oxygens (including phenoxy) is 2. The Hall–Kier alpha value is -2.77. The van der Waals surface area contributed by atoms with Gasteiger partial charge in [0, 0.05) is 13.1 Å². The quantitative estimate of drug-likeness (QED) is 0.695. The van der Waals surface area contributed by atoms with Crippen LogP contribution < -0.4 is 20.1 Å². The van der Waals surface area contributed by atoms with Crippen LogP contribution in [0.1, 0.15) is 45.1 Å². The van der Waals surface area contributed by atoms with Crippen molar-refractivity contribution in [2.75, 3.05) is 19.9 Å². The Balaban J connectivity index is 1.38. The zero-order valence-corrected chi connectivity index (χ0v) is 17.5. The van der Waals surface area contributed by atoms with Crippen molar-refractivity contribution in [3.63, 3.8) is 0 Å². The minimum Gasteiger partial charge on any atom is -0.454 e. The standard InChI is InChI=1S/C22H29N3O5/c1-14(2)5-8-22(20(27)23-21(28)24-22)16-6-9-25(10-7-16)19(26)12-15-3-4-17-18(11-15)30-13-29-17/h3-4,11,14,16H,5-10,12-13H2,1-2H3,(H2,23,24,27,28). The maximum atomic E-state index is 12.8. The summed E-state index contributed by atoms with van der Waals surface area (Å²) >= 11 is 0. The predicted molar refractivity (Wildman–Crippen MR) is 109 cm³/mol. The normalized spacial score (nSPS) is 23.6. The van der Waals surface area contributed by atoms with Gasteiger partial charge in [-0.3, -0.25) is 14.9 Å². The zero-order chi connectivity index (χ0) is 21.3. The molecule has 1 aromatic rings. The third-order valence-corrected chi connectivity index (χ3v) is 6.42. The zero-order valence-electron chi connectivity index (χ0n) is 17.5. The summed E-state index contributed by atoms with van der Waals surface area (Å²) in [5.74, 6) is 1.68. The number of carbonyl (C=O) groups excluding carboxylic acids is 3. The topological polar surface area (TPSA) is 97.0 Å². The van der Waals surface area contributed by atoms with Crippen molar-refractivity contribution >= 4 is 17.8 Å². The first-order valence-corrected chi connectivity index (χ1v) is 10.7. The molecule has 2 saturated heterocycles. The van der Waals surface area contributed by atoms with Gasteiger partial charge in [-0.05, 0) is 55.2 Å². The first-order chi connectivity index (χ1) is 14.4. The molecule has 1 atom stereocenters. The lowest BCUT2D eigenvalue weighted by atomic mass is 9.74. The Labute approximate surface area is 176 Å². The number of nitrogens with zero attached hydrogens (tertiary/aromatic N) is 1. The molecule has 4 amide bonds. The lowest BCUT2D eigenvalue weighted by Gasteiger charge is -2.41. The lowest BCUT2D eigenvalue weighted by Crippen LogP contribution is -2.56. The smallest absolute Gasteiger partial charge is 0.322 e. The maximum Gasteiger partial charge on any atom is 0.322 e. The Bertz CT molecular complexity index is 847. The molecule has 8 nitrogen and oxygen atoms in total. The van der Waals surface area contributed by atoms with E-state index < -0.39 is 11.6 Å². The number of rotatable bonds is 6. The van der Waals surface area contributed by atoms with E-state index in [1.54, 1.807) is 0 Å². The Kier molecular flexibility index (Phi) is 5.58. The number of hydrogen-bond donors (Lipinski definition) is 2. The summed E-state index contributed by atoms with van der Waals surface area (Å²) in [5.41, 5.74) is 0.0376. The summed E-state index contributed by atoms with van der Waals surface area (Å²) in [7, 11) is 0. The summed E-state index contributed by atoms with van der Waals surface area (Å²) in [4.78, 5) is 39.2. The van der Waals surface area contributed by atoms with E-state index in [1.807, 2.05) is 23.1 Å². The molecule has 0 bridgehead atoms. The van der Waals surface area contributed by atoms with E-state index >= 15 is 0 Å². The third kappa shape index (κ3) is 3.95. The summed E-state index contributed by atoms with van der Waals surface area (Å²) in [6, 6.07) is 5.16. The number of fused-ring (bicyclic) bond motifs is 1. The van der Waals surface area contributed by atoms with Crippen molar-refractivity contribution < 1.29 is 23.9 Å². The number of urea groups is 1. The fourth-order valence-corrected chi connectivity index (χ4v) is 4.65. The van der Waals surface area contributed by atoms with Crippen LogP contribution in [-0.2, 0) is 16.0 Å². The van der Waals surface area contributed by atoms with E-state index in [9.17, 15) is 14.4 Å². The van der Waals surface area contributed by atoms with Crippen molar-refractivity contribution in [2.24, 2.45) is 11.8 Å². The molecular weight excluding hydrogens is 386 g/mol. The van der Waals surface area contributed by atoms with Crippen molar-refractivity contribution in [1.29, 1.82) is 0 Å². The van der Waals surface area contributed by atoms with Gasteiger partial charge in [0.2, 0.25) is 12.7 Å². The number of nitrogens with one attached hydrogen (secondary N) is 2. The largest absolute Gasteiger partial charge is 0.454 e. The van der Waals surface area contributed by atoms with Gasteiger partial charge in [0.05, 0.1) is 6.42 Å². The van der Waals surface area contributed by atoms with Crippen LogP contribution in [0.25, 0.3) is 0 Å². The van der Waals surface area contributed by atoms with Gasteiger partial charge in [-0.25, -0.2) is 4.79 Å². The minimum atomic E-state index is -0.853. The van der Waals surface area contributed by atoms with Crippen LogP contribution in [0, 0.1) is 11.8 Å². The van der Waals surface area contributed by atoms with Crippen LogP contribution in [0.4, 0.5) is 4.79 Å². The first-order valence-electron chi connectivity index (χ1n) is 10.7. The molecule has 162 valence electrons. The van der Waals surface area contributed by atoms with Gasteiger partial charge in [-0.15, -0.1) is 0 Å². The molecule has 2 N–H and O–H groups in total. The minimum absolute atomic E-state index is 0.0253. The molecule has 3 heterocycles. The number of carbonyl (C=O) groups is 3. The van der Waals surface area contributed by atoms with Crippen LogP contribution in [0.2, 0.25) is 0 Å². The van der Waals surface area contributed by atoms with Gasteiger partial charge in [-0.2, -0.15) is 0 Å². The fourth-order valence-electron chi connectivity index (χ4n) is 4.65. The molecule has 2 fully saturated rings. The van der Waals surface area contributed by atoms with Crippen molar-refractivity contribution in [3.05, 3.63) is 23.8 Å². The Morgan fingerprint density at radius 1 is 1.20 bits per heavy atom. The molecule has 4 rings (SSSR count). The lowest BCUT2D eigenvalue weighted by molar-refractivity contribution is -0.133. The average Bonchev–Trinajstić information content (AvgIpc) is 3.30. The van der Waals surface area contributed by atoms with E-state index in [0.717, 1.165) is 12.0 Å².